The van der Waals surface area contributed by atoms with Crippen LogP contribution in [0.3, 0.4) is 0 Å². The molecule has 0 unspecified atom stereocenters. The van der Waals surface area contributed by atoms with E-state index in [-0.39, 0.29) is 0 Å². The van der Waals surface area contributed by atoms with Gasteiger partial charge in [0.05, 0.1) is 15.2 Å². The second kappa shape index (κ2) is 3.82. The van der Waals surface area contributed by atoms with E-state index in [1.807, 2.05) is 0 Å². The van der Waals surface area contributed by atoms with Crippen LogP contribution in [0.5, 0.6) is 0 Å². The van der Waals surface area contributed by atoms with Crippen molar-refractivity contribution >= 4 is 15.2 Å². The molecule has 0 amide bonds. The molecule has 2 rings (SSSR count). The van der Waals surface area contributed by atoms with Gasteiger partial charge in [0.1, 0.15) is 0 Å². The van der Waals surface area contributed by atoms with Crippen molar-refractivity contribution in [3.05, 3.63) is 0 Å². The Balaban J connectivity index is 2.92. The lowest BCUT2D eigenvalue weighted by Gasteiger charge is -2.50. The smallest absolute Gasteiger partial charge is 0.0627 e. The highest BCUT2D eigenvalue weighted by Gasteiger charge is 3.01. The van der Waals surface area contributed by atoms with E-state index in [1.165, 1.54) is 0 Å². The van der Waals surface area contributed by atoms with Crippen molar-refractivity contribution in [2.24, 2.45) is 0 Å². The van der Waals surface area contributed by atoms with Crippen LogP contribution in [0.25, 0.3) is 0 Å². The van der Waals surface area contributed by atoms with Gasteiger partial charge in [0.2, 0.25) is 0 Å². The lowest BCUT2D eigenvalue weighted by molar-refractivity contribution is 0.628. The Morgan fingerprint density at radius 2 is 0.545 bits per heavy atom. The monoisotopic (exact) mass is 338 g/mol. The molecule has 0 aromatic heterocycles. The topological polar surface area (TPSA) is 0 Å². The first-order chi connectivity index (χ1) is 9.25. The van der Waals surface area contributed by atoms with Crippen LogP contribution in [0.1, 0.15) is 96.9 Å². The van der Waals surface area contributed by atoms with E-state index in [1.54, 1.807) is 0 Å². The van der Waals surface area contributed by atoms with Gasteiger partial charge in [0, 0.05) is 0 Å². The normalized spacial score (nSPS) is 32.5. The standard InChI is InChI=1S/C20H42Si2/c1-15(2,3)21(17(7,8)18(21,9)10)22(16(4,5)6)19(11,12)20(22,13)14/h1-14H3. The van der Waals surface area contributed by atoms with E-state index >= 15 is 0 Å². The summed E-state index contributed by atoms with van der Waals surface area (Å²) in [5.74, 6) is 0. The zero-order chi connectivity index (χ0) is 18.0. The zero-order valence-corrected chi connectivity index (χ0v) is 20.0. The SMILES string of the molecule is CC(C)(C)[Si]1([Si]2(C(C)(C)C)C(C)(C)C2(C)C)C(C)(C)C1(C)C. The maximum Gasteiger partial charge on any atom is 0.0663 e. The molecule has 0 nitrogen and oxygen atoms in total. The molecule has 2 aliphatic heterocycles. The highest BCUT2D eigenvalue weighted by molar-refractivity contribution is 7.57. The molecule has 0 radical (unpaired) electrons. The van der Waals surface area contributed by atoms with Gasteiger partial charge in [0.25, 0.3) is 0 Å². The van der Waals surface area contributed by atoms with Crippen LogP contribution in [0.4, 0.5) is 0 Å². The summed E-state index contributed by atoms with van der Waals surface area (Å²) in [6.45, 7) is 36.7. The Bertz CT molecular complexity index is 431. The van der Waals surface area contributed by atoms with Crippen LogP contribution >= 0.6 is 0 Å². The summed E-state index contributed by atoms with van der Waals surface area (Å²) in [4.78, 5) is 0. The summed E-state index contributed by atoms with van der Waals surface area (Å²) < 4.78 is 0. The van der Waals surface area contributed by atoms with Gasteiger partial charge in [-0.1, -0.05) is 96.9 Å². The molecule has 2 fully saturated rings. The first-order valence-electron chi connectivity index (χ1n) is 9.25. The lowest BCUT2D eigenvalue weighted by atomic mass is 10.0. The van der Waals surface area contributed by atoms with E-state index in [4.69, 9.17) is 0 Å². The predicted octanol–water partition coefficient (Wildman–Crippen LogP) is 7.71. The average Bonchev–Trinajstić information content (AvgIpc) is 2.70. The summed E-state index contributed by atoms with van der Waals surface area (Å²) >= 11 is 0. The molecule has 0 N–H and O–H groups in total. The summed E-state index contributed by atoms with van der Waals surface area (Å²) in [7, 11) is -2.99. The number of rotatable bonds is 1. The highest BCUT2D eigenvalue weighted by atomic mass is 29.3. The number of hydrogen-bond donors (Lipinski definition) is 0. The van der Waals surface area contributed by atoms with Crippen molar-refractivity contribution in [1.29, 1.82) is 0 Å². The number of hydrogen-bond acceptors (Lipinski definition) is 0. The third-order valence-electron chi connectivity index (χ3n) is 9.56. The minimum atomic E-state index is -1.49. The van der Waals surface area contributed by atoms with Gasteiger partial charge in [-0.25, -0.2) is 0 Å². The second-order valence-electron chi connectivity index (χ2n) is 12.5. The summed E-state index contributed by atoms with van der Waals surface area (Å²) in [6, 6.07) is 0. The molecule has 130 valence electrons. The van der Waals surface area contributed by atoms with Gasteiger partial charge >= 0.3 is 0 Å². The van der Waals surface area contributed by atoms with Crippen molar-refractivity contribution in [2.45, 2.75) is 127 Å². The van der Waals surface area contributed by atoms with Crippen LogP contribution < -0.4 is 0 Å². The quantitative estimate of drug-likeness (QED) is 0.429. The maximum atomic E-state index is 2.63. The van der Waals surface area contributed by atoms with Gasteiger partial charge in [0.15, 0.2) is 0 Å². The van der Waals surface area contributed by atoms with Crippen molar-refractivity contribution in [3.63, 3.8) is 0 Å². The third-order valence-corrected chi connectivity index (χ3v) is 40.1. The summed E-state index contributed by atoms with van der Waals surface area (Å²) in [5.41, 5.74) is 0. The molecule has 22 heavy (non-hydrogen) atoms. The van der Waals surface area contributed by atoms with E-state index in [9.17, 15) is 0 Å². The van der Waals surface area contributed by atoms with E-state index in [2.05, 4.69) is 96.9 Å². The lowest BCUT2D eigenvalue weighted by Crippen LogP contribution is -2.60. The fourth-order valence-electron chi connectivity index (χ4n) is 9.38. The van der Waals surface area contributed by atoms with Crippen molar-refractivity contribution in [2.75, 3.05) is 0 Å². The molecule has 0 aromatic carbocycles. The van der Waals surface area contributed by atoms with E-state index < -0.39 is 15.2 Å². The first kappa shape index (κ1) is 18.8. The van der Waals surface area contributed by atoms with Gasteiger partial charge in [-0.05, 0) is 30.2 Å². The Morgan fingerprint density at radius 1 is 0.409 bits per heavy atom. The Kier molecular flexibility index (Phi) is 3.25. The molecule has 2 saturated heterocycles. The predicted molar refractivity (Wildman–Crippen MR) is 107 cm³/mol. The molecular weight excluding hydrogens is 296 g/mol. The average molecular weight is 339 g/mol. The van der Waals surface area contributed by atoms with Gasteiger partial charge in [-0.15, -0.1) is 0 Å². The van der Waals surface area contributed by atoms with E-state index in [0.29, 0.717) is 30.2 Å². The third kappa shape index (κ3) is 1.29. The highest BCUT2D eigenvalue weighted by Crippen LogP contribution is 3.02. The van der Waals surface area contributed by atoms with Gasteiger partial charge < -0.3 is 0 Å². The molecule has 0 aromatic rings. The molecular formula is C20H42Si2. The fourth-order valence-corrected chi connectivity index (χ4v) is 51.0. The summed E-state index contributed by atoms with van der Waals surface area (Å²) in [5, 5.41) is 3.21. The molecule has 0 spiro atoms. The second-order valence-corrected chi connectivity index (χ2v) is 28.0. The van der Waals surface area contributed by atoms with Crippen LogP contribution in [0.2, 0.25) is 30.2 Å². The molecule has 0 aliphatic carbocycles. The van der Waals surface area contributed by atoms with Crippen LogP contribution in [0.15, 0.2) is 0 Å². The minimum absolute atomic E-state index is 0.491. The molecule has 2 heterocycles. The van der Waals surface area contributed by atoms with Crippen LogP contribution in [-0.4, -0.2) is 15.2 Å². The van der Waals surface area contributed by atoms with E-state index in [0.717, 1.165) is 0 Å². The largest absolute Gasteiger partial charge is 0.0663 e. The fraction of sp³-hybridized carbons (Fsp3) is 1.00. The Hall–Kier alpha value is 0.434. The molecule has 0 atom stereocenters. The van der Waals surface area contributed by atoms with Crippen LogP contribution in [-0.2, 0) is 0 Å². The molecule has 2 heteroatoms. The van der Waals surface area contributed by atoms with Crippen LogP contribution in [0, 0.1) is 0 Å². The molecule has 0 saturated carbocycles. The van der Waals surface area contributed by atoms with Gasteiger partial charge in [-0.2, -0.15) is 0 Å². The van der Waals surface area contributed by atoms with Crippen molar-refractivity contribution in [3.8, 4) is 0 Å². The minimum Gasteiger partial charge on any atom is -0.0627 e. The first-order valence-corrected chi connectivity index (χ1v) is 14.2. The van der Waals surface area contributed by atoms with Crippen molar-refractivity contribution in [1.82, 2.24) is 0 Å². The summed E-state index contributed by atoms with van der Waals surface area (Å²) in [6.07, 6.45) is 0. The molecule has 2 aliphatic rings. The molecule has 0 bridgehead atoms. The Morgan fingerprint density at radius 3 is 0.591 bits per heavy atom. The van der Waals surface area contributed by atoms with Crippen molar-refractivity contribution < 1.29 is 0 Å². The zero-order valence-electron chi connectivity index (χ0n) is 18.0. The maximum absolute atomic E-state index is 2.63. The van der Waals surface area contributed by atoms with Gasteiger partial charge in [-0.3, -0.25) is 0 Å². The Labute approximate surface area is 142 Å².